The molecular weight excluding hydrogens is 521 g/mol. The number of rotatable bonds is 4. The van der Waals surface area contributed by atoms with Gasteiger partial charge in [-0.25, -0.2) is 14.6 Å². The van der Waals surface area contributed by atoms with Crippen LogP contribution in [0.15, 0.2) is 24.5 Å². The maximum atomic E-state index is 13.3. The van der Waals surface area contributed by atoms with Crippen molar-refractivity contribution in [3.8, 4) is 5.88 Å². The number of ether oxygens (including phenoxy) is 1. The molecule has 2 amide bonds. The molecule has 0 spiro atoms. The zero-order chi connectivity index (χ0) is 28.3. The third-order valence-corrected chi connectivity index (χ3v) is 6.14. The summed E-state index contributed by atoms with van der Waals surface area (Å²) < 4.78 is 39.1. The van der Waals surface area contributed by atoms with Gasteiger partial charge >= 0.3 is 18.2 Å². The second-order valence-electron chi connectivity index (χ2n) is 9.06. The number of carbonyl (C=O) groups excluding carboxylic acids is 1. The molecule has 1 saturated heterocycles. The summed E-state index contributed by atoms with van der Waals surface area (Å²) in [6.45, 7) is 7.94. The molecule has 0 aliphatic carbocycles. The van der Waals surface area contributed by atoms with Crippen molar-refractivity contribution in [2.45, 2.75) is 32.5 Å². The lowest BCUT2D eigenvalue weighted by Gasteiger charge is -2.34. The fourth-order valence-corrected chi connectivity index (χ4v) is 4.50. The summed E-state index contributed by atoms with van der Waals surface area (Å²) in [6, 6.07) is 4.10. The van der Waals surface area contributed by atoms with Gasteiger partial charge in [0, 0.05) is 68.3 Å². The van der Waals surface area contributed by atoms with Crippen LogP contribution in [0.2, 0.25) is 0 Å². The van der Waals surface area contributed by atoms with Crippen molar-refractivity contribution >= 4 is 40.2 Å². The van der Waals surface area contributed by atoms with E-state index >= 15 is 0 Å². The van der Waals surface area contributed by atoms with Crippen LogP contribution in [0.1, 0.15) is 19.4 Å². The van der Waals surface area contributed by atoms with Gasteiger partial charge in [-0.1, -0.05) is 0 Å². The number of carbonyl (C=O) groups is 2. The van der Waals surface area contributed by atoms with E-state index < -0.39 is 12.1 Å². The molecule has 12 nitrogen and oxygen atoms in total. The smallest absolute Gasteiger partial charge is 0.476 e. The molecule has 5 rings (SSSR count). The van der Waals surface area contributed by atoms with Gasteiger partial charge in [-0.2, -0.15) is 23.3 Å². The minimum Gasteiger partial charge on any atom is -0.476 e. The molecule has 5 heterocycles. The number of anilines is 3. The number of pyridine rings is 2. The number of nitrogens with one attached hydrogen (secondary N) is 2. The van der Waals surface area contributed by atoms with E-state index in [-0.39, 0.29) is 6.03 Å². The Labute approximate surface area is 221 Å². The third-order valence-electron chi connectivity index (χ3n) is 6.14. The number of hydrogen-bond donors (Lipinski definition) is 3. The Balaban J connectivity index is 0.000000448. The van der Waals surface area contributed by atoms with Crippen LogP contribution in [0.4, 0.5) is 35.2 Å². The summed E-state index contributed by atoms with van der Waals surface area (Å²) in [7, 11) is 1.84. The first kappa shape index (κ1) is 27.9. The lowest BCUT2D eigenvalue weighted by atomic mass is 10.1. The van der Waals surface area contributed by atoms with Crippen molar-refractivity contribution in [2.24, 2.45) is 7.05 Å². The number of aromatic nitrogens is 4. The van der Waals surface area contributed by atoms with Crippen molar-refractivity contribution in [3.05, 3.63) is 30.1 Å². The van der Waals surface area contributed by atoms with Gasteiger partial charge in [-0.05, 0) is 32.4 Å². The molecule has 2 aliphatic rings. The van der Waals surface area contributed by atoms with Crippen molar-refractivity contribution in [1.29, 1.82) is 0 Å². The summed E-state index contributed by atoms with van der Waals surface area (Å²) in [6.07, 6.45) is -0.648. The van der Waals surface area contributed by atoms with Crippen molar-refractivity contribution in [1.82, 2.24) is 25.1 Å². The molecule has 3 N–H and O–H groups in total. The zero-order valence-corrected chi connectivity index (χ0v) is 21.6. The molecule has 0 aromatic carbocycles. The van der Waals surface area contributed by atoms with E-state index in [9.17, 15) is 18.0 Å². The Morgan fingerprint density at radius 2 is 2.05 bits per heavy atom. The maximum Gasteiger partial charge on any atom is 0.490 e. The number of aliphatic carboxylic acids is 1. The standard InChI is InChI=1S/C22H28N8O2.C2HF3O2/c1-4-32-21-17(11-15-13-28(3)27-19(15)26-21)25-22(31)30-9-6-16-18(5-7-24-20(16)30)29-10-8-23-14(2)12-29;3-2(4,5)1(6)7/h5,7,11,13-14,23H,4,6,8-10,12H2,1-3H3,(H,25,31);(H,6,7)/t14-;/m0./s1. The van der Waals surface area contributed by atoms with Gasteiger partial charge in [0.1, 0.15) is 11.5 Å². The highest BCUT2D eigenvalue weighted by Crippen LogP contribution is 2.35. The molecule has 0 radical (unpaired) electrons. The lowest BCUT2D eigenvalue weighted by molar-refractivity contribution is -0.192. The number of aryl methyl sites for hydroxylation is 1. The number of fused-ring (bicyclic) bond motifs is 2. The quantitative estimate of drug-likeness (QED) is 0.448. The van der Waals surface area contributed by atoms with E-state index in [0.29, 0.717) is 36.4 Å². The second-order valence-corrected chi connectivity index (χ2v) is 9.06. The molecule has 0 saturated carbocycles. The number of amides is 2. The average Bonchev–Trinajstić information content (AvgIpc) is 3.46. The van der Waals surface area contributed by atoms with E-state index in [1.165, 1.54) is 5.69 Å². The average molecular weight is 551 g/mol. The molecule has 3 aromatic rings. The van der Waals surface area contributed by atoms with Crippen molar-refractivity contribution in [2.75, 3.05) is 47.9 Å². The Morgan fingerprint density at radius 3 is 2.72 bits per heavy atom. The summed E-state index contributed by atoms with van der Waals surface area (Å²) in [4.78, 5) is 35.3. The Kier molecular flexibility index (Phi) is 8.09. The van der Waals surface area contributed by atoms with Crippen molar-refractivity contribution in [3.63, 3.8) is 0 Å². The number of piperazine rings is 1. The Bertz CT molecular complexity index is 1360. The molecule has 15 heteroatoms. The van der Waals surface area contributed by atoms with Gasteiger partial charge < -0.3 is 25.4 Å². The largest absolute Gasteiger partial charge is 0.490 e. The molecule has 1 fully saturated rings. The van der Waals surface area contributed by atoms with E-state index in [0.717, 1.165) is 42.8 Å². The molecule has 210 valence electrons. The molecule has 0 bridgehead atoms. The van der Waals surface area contributed by atoms with Crippen LogP contribution in [0.3, 0.4) is 0 Å². The summed E-state index contributed by atoms with van der Waals surface area (Å²) in [5.41, 5.74) is 3.41. The van der Waals surface area contributed by atoms with E-state index in [4.69, 9.17) is 14.6 Å². The first-order valence-electron chi connectivity index (χ1n) is 12.3. The summed E-state index contributed by atoms with van der Waals surface area (Å²) >= 11 is 0. The minimum absolute atomic E-state index is 0.243. The normalized spacial score (nSPS) is 16.9. The predicted molar refractivity (Wildman–Crippen MR) is 137 cm³/mol. The first-order chi connectivity index (χ1) is 18.5. The highest BCUT2D eigenvalue weighted by molar-refractivity contribution is 6.04. The Morgan fingerprint density at radius 1 is 1.31 bits per heavy atom. The van der Waals surface area contributed by atoms with Crippen LogP contribution < -0.4 is 25.2 Å². The number of urea groups is 1. The zero-order valence-electron chi connectivity index (χ0n) is 21.6. The maximum absolute atomic E-state index is 13.3. The second kappa shape index (κ2) is 11.3. The number of alkyl halides is 3. The number of hydrogen-bond acceptors (Lipinski definition) is 8. The third kappa shape index (κ3) is 6.30. The SMILES string of the molecule is CCOc1nc2nn(C)cc2cc1NC(=O)N1CCc2c(N3CCN[C@@H](C)C3)ccnc21.O=C(O)C(F)(F)F. The highest BCUT2D eigenvalue weighted by atomic mass is 19.4. The molecule has 39 heavy (non-hydrogen) atoms. The van der Waals surface area contributed by atoms with Gasteiger partial charge in [0.15, 0.2) is 5.65 Å². The van der Waals surface area contributed by atoms with Crippen molar-refractivity contribution < 1.29 is 32.6 Å². The fraction of sp³-hybridized carbons (Fsp3) is 0.458. The van der Waals surface area contributed by atoms with Crippen LogP contribution in [0.25, 0.3) is 11.0 Å². The number of carboxylic acids is 1. The van der Waals surface area contributed by atoms with Crippen LogP contribution in [0.5, 0.6) is 5.88 Å². The molecular formula is C24H29F3N8O4. The molecule has 2 aliphatic heterocycles. The number of carboxylic acid groups (broad SMARTS) is 1. The number of halogens is 3. The van der Waals surface area contributed by atoms with Crippen LogP contribution in [-0.2, 0) is 18.3 Å². The predicted octanol–water partition coefficient (Wildman–Crippen LogP) is 2.79. The summed E-state index contributed by atoms with van der Waals surface area (Å²) in [5.74, 6) is -1.67. The topological polar surface area (TPSA) is 138 Å². The first-order valence-corrected chi connectivity index (χ1v) is 12.3. The molecule has 3 aromatic heterocycles. The minimum atomic E-state index is -5.08. The fourth-order valence-electron chi connectivity index (χ4n) is 4.50. The van der Waals surface area contributed by atoms with Gasteiger partial charge in [-0.3, -0.25) is 9.58 Å². The Hall–Kier alpha value is -4.14. The monoisotopic (exact) mass is 550 g/mol. The van der Waals surface area contributed by atoms with Crippen LogP contribution in [0, 0.1) is 0 Å². The highest BCUT2D eigenvalue weighted by Gasteiger charge is 2.38. The molecule has 1 atom stereocenters. The van der Waals surface area contributed by atoms with Crippen LogP contribution in [-0.4, -0.2) is 81.9 Å². The lowest BCUT2D eigenvalue weighted by Crippen LogP contribution is -2.49. The summed E-state index contributed by atoms with van der Waals surface area (Å²) in [5, 5.41) is 18.7. The number of nitrogens with zero attached hydrogens (tertiary/aromatic N) is 6. The van der Waals surface area contributed by atoms with E-state index in [2.05, 4.69) is 43.6 Å². The molecule has 0 unspecified atom stereocenters. The van der Waals surface area contributed by atoms with Gasteiger partial charge in [-0.15, -0.1) is 0 Å². The van der Waals surface area contributed by atoms with Gasteiger partial charge in [0.2, 0.25) is 5.88 Å². The van der Waals surface area contributed by atoms with Gasteiger partial charge in [0.25, 0.3) is 0 Å². The van der Waals surface area contributed by atoms with E-state index in [1.807, 2.05) is 26.2 Å². The van der Waals surface area contributed by atoms with E-state index in [1.54, 1.807) is 15.8 Å². The van der Waals surface area contributed by atoms with Crippen LogP contribution >= 0.6 is 0 Å². The van der Waals surface area contributed by atoms with Gasteiger partial charge in [0.05, 0.1) is 6.61 Å².